The molecule has 1 aliphatic heterocycles. The van der Waals surface area contributed by atoms with E-state index in [9.17, 15) is 0 Å². The number of hydrogen-bond acceptors (Lipinski definition) is 4. The average Bonchev–Trinajstić information content (AvgIpc) is 2.99. The Hall–Kier alpha value is -0.620. The maximum absolute atomic E-state index is 5.69. The fourth-order valence-corrected chi connectivity index (χ4v) is 3.33. The highest BCUT2D eigenvalue weighted by Crippen LogP contribution is 2.17. The Kier molecular flexibility index (Phi) is 4.38. The number of nitrogens with zero attached hydrogens (tertiary/aromatic N) is 3. The van der Waals surface area contributed by atoms with E-state index in [0.29, 0.717) is 18.6 Å². The number of piperidine rings is 1. The molecule has 4 nitrogen and oxygen atoms in total. The van der Waals surface area contributed by atoms with Gasteiger partial charge in [-0.15, -0.1) is 22.9 Å². The van der Waals surface area contributed by atoms with Crippen molar-refractivity contribution < 1.29 is 4.74 Å². The summed E-state index contributed by atoms with van der Waals surface area (Å²) in [5.74, 6) is 0.589. The highest BCUT2D eigenvalue weighted by Gasteiger charge is 2.20. The van der Waals surface area contributed by atoms with Gasteiger partial charge in [-0.25, -0.2) is 4.98 Å². The number of aromatic nitrogens is 2. The molecule has 1 aliphatic rings. The second-order valence-corrected chi connectivity index (χ2v) is 6.11. The quantitative estimate of drug-likeness (QED) is 0.795. The van der Waals surface area contributed by atoms with Crippen molar-refractivity contribution in [3.05, 3.63) is 23.5 Å². The molecule has 0 bridgehead atoms. The lowest BCUT2D eigenvalue weighted by Crippen LogP contribution is -2.36. The normalized spacial score (nSPS) is 18.4. The maximum atomic E-state index is 5.69. The maximum Gasteiger partial charge on any atom is 0.193 e. The number of thiazole rings is 1. The van der Waals surface area contributed by atoms with Crippen LogP contribution in [0.15, 0.2) is 17.8 Å². The number of fused-ring (bicyclic) bond motifs is 1. The molecule has 0 radical (unpaired) electrons. The second kappa shape index (κ2) is 6.22. The summed E-state index contributed by atoms with van der Waals surface area (Å²) in [5.41, 5.74) is 1.16. The van der Waals surface area contributed by atoms with E-state index in [1.165, 1.54) is 0 Å². The summed E-state index contributed by atoms with van der Waals surface area (Å²) in [6.07, 6.45) is 6.77. The van der Waals surface area contributed by atoms with Gasteiger partial charge in [-0.2, -0.15) is 0 Å². The van der Waals surface area contributed by atoms with Crippen molar-refractivity contribution in [3.8, 4) is 0 Å². The Balaban J connectivity index is 1.50. The molecule has 3 rings (SSSR count). The lowest BCUT2D eigenvalue weighted by Gasteiger charge is -2.31. The van der Waals surface area contributed by atoms with Crippen LogP contribution < -0.4 is 0 Å². The summed E-state index contributed by atoms with van der Waals surface area (Å²) in [6, 6.07) is 0. The predicted molar refractivity (Wildman–Crippen MR) is 78.0 cm³/mol. The molecule has 0 spiro atoms. The van der Waals surface area contributed by atoms with Crippen LogP contribution in [0.1, 0.15) is 18.5 Å². The first-order valence-electron chi connectivity index (χ1n) is 6.66. The zero-order chi connectivity index (χ0) is 13.1. The molecule has 0 N–H and O–H groups in total. The van der Waals surface area contributed by atoms with Gasteiger partial charge in [0, 0.05) is 43.3 Å². The van der Waals surface area contributed by atoms with E-state index in [-0.39, 0.29) is 0 Å². The van der Waals surface area contributed by atoms with Gasteiger partial charge in [0.25, 0.3) is 0 Å². The Bertz CT molecular complexity index is 490. The summed E-state index contributed by atoms with van der Waals surface area (Å²) < 4.78 is 7.78. The first-order chi connectivity index (χ1) is 9.35. The van der Waals surface area contributed by atoms with E-state index in [1.54, 1.807) is 11.3 Å². The Labute approximate surface area is 121 Å². The Morgan fingerprint density at radius 2 is 2.26 bits per heavy atom. The molecule has 0 atom stereocenters. The van der Waals surface area contributed by atoms with Gasteiger partial charge in [0.15, 0.2) is 4.96 Å². The molecule has 1 fully saturated rings. The fraction of sp³-hybridized carbons (Fsp3) is 0.615. The van der Waals surface area contributed by atoms with Crippen LogP contribution in [-0.4, -0.2) is 46.0 Å². The van der Waals surface area contributed by atoms with Gasteiger partial charge in [0.1, 0.15) is 0 Å². The van der Waals surface area contributed by atoms with Crippen molar-refractivity contribution in [3.63, 3.8) is 0 Å². The molecule has 2 aromatic rings. The molecule has 0 unspecified atom stereocenters. The van der Waals surface area contributed by atoms with Crippen LogP contribution in [0.2, 0.25) is 0 Å². The number of likely N-dealkylation sites (tertiary alicyclic amines) is 1. The van der Waals surface area contributed by atoms with Crippen LogP contribution >= 0.6 is 22.9 Å². The Morgan fingerprint density at radius 1 is 1.42 bits per heavy atom. The van der Waals surface area contributed by atoms with Crippen LogP contribution in [0.4, 0.5) is 0 Å². The van der Waals surface area contributed by atoms with Crippen molar-refractivity contribution in [2.24, 2.45) is 0 Å². The molecule has 1 saturated heterocycles. The number of ether oxygens (including phenoxy) is 1. The van der Waals surface area contributed by atoms with Crippen LogP contribution in [0.25, 0.3) is 4.96 Å². The summed E-state index contributed by atoms with van der Waals surface area (Å²) in [7, 11) is 0. The number of rotatable bonds is 5. The molecular formula is C13H18ClN3OS. The van der Waals surface area contributed by atoms with Crippen LogP contribution in [0.5, 0.6) is 0 Å². The Morgan fingerprint density at radius 3 is 3.00 bits per heavy atom. The van der Waals surface area contributed by atoms with Crippen molar-refractivity contribution in [1.29, 1.82) is 0 Å². The molecule has 0 aliphatic carbocycles. The molecule has 3 heterocycles. The predicted octanol–water partition coefficient (Wildman–Crippen LogP) is 2.62. The van der Waals surface area contributed by atoms with Gasteiger partial charge < -0.3 is 4.74 Å². The van der Waals surface area contributed by atoms with Gasteiger partial charge in [-0.1, -0.05) is 0 Å². The third-order valence-electron chi connectivity index (χ3n) is 3.49. The van der Waals surface area contributed by atoms with Crippen molar-refractivity contribution in [1.82, 2.24) is 14.3 Å². The lowest BCUT2D eigenvalue weighted by molar-refractivity contribution is 0.0132. The van der Waals surface area contributed by atoms with Crippen molar-refractivity contribution >= 4 is 27.9 Å². The smallest absolute Gasteiger partial charge is 0.193 e. The molecular weight excluding hydrogens is 282 g/mol. The third kappa shape index (κ3) is 3.28. The zero-order valence-electron chi connectivity index (χ0n) is 10.8. The average molecular weight is 300 g/mol. The SMILES string of the molecule is ClCCOC1CCN(Cc2cn3ccsc3n2)CC1. The lowest BCUT2D eigenvalue weighted by atomic mass is 10.1. The molecule has 19 heavy (non-hydrogen) atoms. The molecule has 6 heteroatoms. The summed E-state index contributed by atoms with van der Waals surface area (Å²) in [5, 5.41) is 2.06. The van der Waals surface area contributed by atoms with E-state index < -0.39 is 0 Å². The molecule has 104 valence electrons. The van der Waals surface area contributed by atoms with Crippen LogP contribution in [-0.2, 0) is 11.3 Å². The van der Waals surface area contributed by atoms with Gasteiger partial charge in [-0.05, 0) is 12.8 Å². The summed E-state index contributed by atoms with van der Waals surface area (Å²) in [6.45, 7) is 3.77. The molecule has 0 saturated carbocycles. The number of hydrogen-bond donors (Lipinski definition) is 0. The number of imidazole rings is 1. The number of alkyl halides is 1. The van der Waals surface area contributed by atoms with Crippen molar-refractivity contribution in [2.45, 2.75) is 25.5 Å². The minimum atomic E-state index is 0.389. The first-order valence-corrected chi connectivity index (χ1v) is 8.07. The van der Waals surface area contributed by atoms with Crippen molar-refractivity contribution in [2.75, 3.05) is 25.6 Å². The minimum Gasteiger partial charge on any atom is -0.377 e. The molecule has 0 aromatic carbocycles. The molecule has 2 aromatic heterocycles. The van der Waals surface area contributed by atoms with Gasteiger partial charge in [0.05, 0.1) is 18.4 Å². The topological polar surface area (TPSA) is 29.8 Å². The minimum absolute atomic E-state index is 0.389. The van der Waals surface area contributed by atoms with E-state index in [0.717, 1.165) is 43.1 Å². The second-order valence-electron chi connectivity index (χ2n) is 4.86. The fourth-order valence-electron chi connectivity index (χ4n) is 2.53. The van der Waals surface area contributed by atoms with Gasteiger partial charge in [-0.3, -0.25) is 9.30 Å². The zero-order valence-corrected chi connectivity index (χ0v) is 12.4. The van der Waals surface area contributed by atoms with E-state index in [2.05, 4.69) is 32.1 Å². The first kappa shape index (κ1) is 13.4. The van der Waals surface area contributed by atoms with Crippen LogP contribution in [0, 0.1) is 0 Å². The van der Waals surface area contributed by atoms with Gasteiger partial charge in [0.2, 0.25) is 0 Å². The van der Waals surface area contributed by atoms with E-state index in [4.69, 9.17) is 16.3 Å². The van der Waals surface area contributed by atoms with E-state index in [1.807, 2.05) is 0 Å². The highest BCUT2D eigenvalue weighted by molar-refractivity contribution is 7.15. The summed E-state index contributed by atoms with van der Waals surface area (Å²) >= 11 is 7.32. The number of halogens is 1. The van der Waals surface area contributed by atoms with Gasteiger partial charge >= 0.3 is 0 Å². The van der Waals surface area contributed by atoms with Crippen LogP contribution in [0.3, 0.4) is 0 Å². The highest BCUT2D eigenvalue weighted by atomic mass is 35.5. The van der Waals surface area contributed by atoms with E-state index >= 15 is 0 Å². The largest absolute Gasteiger partial charge is 0.377 e. The molecule has 0 amide bonds. The summed E-state index contributed by atoms with van der Waals surface area (Å²) in [4.78, 5) is 8.16. The monoisotopic (exact) mass is 299 g/mol. The third-order valence-corrected chi connectivity index (χ3v) is 4.42. The standard InChI is InChI=1S/C13H18ClN3OS/c14-3-7-18-12-1-4-16(5-2-12)9-11-10-17-6-8-19-13(17)15-11/h6,8,10,12H,1-5,7,9H2.